The number of H-pyrrole nitrogens is 1. The Hall–Kier alpha value is -2.30. The summed E-state index contributed by atoms with van der Waals surface area (Å²) in [6, 6.07) is 8.44. The molecule has 0 saturated heterocycles. The van der Waals surface area contributed by atoms with Crippen molar-refractivity contribution in [3.8, 4) is 0 Å². The van der Waals surface area contributed by atoms with Crippen LogP contribution in [0.1, 0.15) is 12.5 Å². The number of aryl methyl sites for hydroxylation is 1. The summed E-state index contributed by atoms with van der Waals surface area (Å²) in [6.07, 6.45) is 3.69. The predicted molar refractivity (Wildman–Crippen MR) is 71.3 cm³/mol. The third kappa shape index (κ3) is 1.84. The summed E-state index contributed by atoms with van der Waals surface area (Å²) < 4.78 is 2.26. The van der Waals surface area contributed by atoms with Gasteiger partial charge in [0.2, 0.25) is 5.95 Å². The first-order valence-electron chi connectivity index (χ1n) is 6.04. The second-order valence-electron chi connectivity index (χ2n) is 4.15. The lowest BCUT2D eigenvalue weighted by molar-refractivity contribution is 0.793. The van der Waals surface area contributed by atoms with Gasteiger partial charge in [0.15, 0.2) is 0 Å². The van der Waals surface area contributed by atoms with Gasteiger partial charge in [-0.15, -0.1) is 0 Å². The van der Waals surface area contributed by atoms with E-state index in [9.17, 15) is 0 Å². The van der Waals surface area contributed by atoms with Crippen molar-refractivity contribution in [3.05, 3.63) is 42.4 Å². The Kier molecular flexibility index (Phi) is 2.72. The molecule has 18 heavy (non-hydrogen) atoms. The molecule has 0 aliphatic heterocycles. The van der Waals surface area contributed by atoms with E-state index in [1.165, 1.54) is 22.8 Å². The zero-order chi connectivity index (χ0) is 12.4. The second kappa shape index (κ2) is 4.52. The minimum atomic E-state index is 0.698. The van der Waals surface area contributed by atoms with Crippen molar-refractivity contribution in [3.63, 3.8) is 0 Å². The maximum absolute atomic E-state index is 4.05. The van der Waals surface area contributed by atoms with E-state index in [0.29, 0.717) is 5.95 Å². The van der Waals surface area contributed by atoms with E-state index < -0.39 is 0 Å². The minimum absolute atomic E-state index is 0.698. The van der Waals surface area contributed by atoms with Crippen molar-refractivity contribution in [2.24, 2.45) is 0 Å². The van der Waals surface area contributed by atoms with Crippen LogP contribution >= 0.6 is 0 Å². The third-order valence-electron chi connectivity index (χ3n) is 3.07. The molecule has 0 amide bonds. The van der Waals surface area contributed by atoms with Gasteiger partial charge < -0.3 is 9.88 Å². The molecule has 0 atom stereocenters. The summed E-state index contributed by atoms with van der Waals surface area (Å²) in [5.41, 5.74) is 2.54. The number of benzene rings is 1. The van der Waals surface area contributed by atoms with Crippen molar-refractivity contribution in [2.75, 3.05) is 5.32 Å². The number of hydrogen-bond donors (Lipinski definition) is 2. The zero-order valence-electron chi connectivity index (χ0n) is 10.2. The van der Waals surface area contributed by atoms with Crippen LogP contribution in [0.3, 0.4) is 0 Å². The molecular weight excluding hydrogens is 226 g/mol. The zero-order valence-corrected chi connectivity index (χ0v) is 10.2. The quantitative estimate of drug-likeness (QED) is 0.737. The number of hydrogen-bond acceptors (Lipinski definition) is 3. The number of nitrogens with one attached hydrogen (secondary N) is 2. The fourth-order valence-electron chi connectivity index (χ4n) is 2.19. The molecule has 5 nitrogen and oxygen atoms in total. The molecule has 0 saturated carbocycles. The lowest BCUT2D eigenvalue weighted by Gasteiger charge is -2.00. The molecule has 0 fully saturated rings. The number of aromatic amines is 1. The van der Waals surface area contributed by atoms with Crippen LogP contribution in [-0.2, 0) is 13.1 Å². The van der Waals surface area contributed by atoms with E-state index in [2.05, 4.69) is 62.5 Å². The molecule has 0 bridgehead atoms. The van der Waals surface area contributed by atoms with Crippen LogP contribution in [0.5, 0.6) is 0 Å². The molecule has 0 unspecified atom stereocenters. The monoisotopic (exact) mass is 241 g/mol. The van der Waals surface area contributed by atoms with Crippen molar-refractivity contribution in [2.45, 2.75) is 20.0 Å². The number of rotatable bonds is 4. The normalized spacial score (nSPS) is 10.9. The third-order valence-corrected chi connectivity index (χ3v) is 3.07. The minimum Gasteiger partial charge on any atom is -0.350 e. The topological polar surface area (TPSA) is 58.5 Å². The van der Waals surface area contributed by atoms with E-state index in [1.807, 2.05) is 0 Å². The number of nitrogens with zero attached hydrogens (tertiary/aromatic N) is 3. The van der Waals surface area contributed by atoms with Crippen LogP contribution in [0.2, 0.25) is 0 Å². The largest absolute Gasteiger partial charge is 0.350 e. The molecule has 2 aromatic heterocycles. The highest BCUT2D eigenvalue weighted by Gasteiger charge is 2.07. The van der Waals surface area contributed by atoms with E-state index >= 15 is 0 Å². The van der Waals surface area contributed by atoms with E-state index in [1.54, 1.807) is 0 Å². The molecule has 1 aromatic carbocycles. The Morgan fingerprint density at radius 2 is 2.22 bits per heavy atom. The lowest BCUT2D eigenvalue weighted by atomic mass is 10.2. The molecule has 0 aliphatic rings. The fourth-order valence-corrected chi connectivity index (χ4v) is 2.19. The first-order valence-corrected chi connectivity index (χ1v) is 6.04. The van der Waals surface area contributed by atoms with Gasteiger partial charge in [0.05, 0.1) is 0 Å². The Bertz CT molecular complexity index is 639. The van der Waals surface area contributed by atoms with Gasteiger partial charge in [0.25, 0.3) is 0 Å². The SMILES string of the molecule is CCn1cc(CNc2ncn[nH]2)c2ccccc21. The Balaban J connectivity index is 1.91. The van der Waals surface area contributed by atoms with Gasteiger partial charge in [-0.25, -0.2) is 10.1 Å². The van der Waals surface area contributed by atoms with Crippen molar-refractivity contribution < 1.29 is 0 Å². The van der Waals surface area contributed by atoms with Crippen LogP contribution in [0, 0.1) is 0 Å². The average molecular weight is 241 g/mol. The summed E-state index contributed by atoms with van der Waals surface area (Å²) in [5, 5.41) is 11.1. The molecular formula is C13H15N5. The van der Waals surface area contributed by atoms with Crippen molar-refractivity contribution in [1.82, 2.24) is 19.7 Å². The van der Waals surface area contributed by atoms with E-state index in [0.717, 1.165) is 13.1 Å². The smallest absolute Gasteiger partial charge is 0.218 e. The van der Waals surface area contributed by atoms with Gasteiger partial charge in [-0.1, -0.05) is 18.2 Å². The molecule has 3 rings (SSSR count). The van der Waals surface area contributed by atoms with Crippen LogP contribution in [0.4, 0.5) is 5.95 Å². The summed E-state index contributed by atoms with van der Waals surface area (Å²) in [4.78, 5) is 4.05. The number of para-hydroxylation sites is 1. The van der Waals surface area contributed by atoms with Crippen LogP contribution < -0.4 is 5.32 Å². The van der Waals surface area contributed by atoms with E-state index in [4.69, 9.17) is 0 Å². The molecule has 2 heterocycles. The van der Waals surface area contributed by atoms with Crippen LogP contribution in [0.25, 0.3) is 10.9 Å². The molecule has 0 spiro atoms. The van der Waals surface area contributed by atoms with Crippen LogP contribution in [0.15, 0.2) is 36.8 Å². The highest BCUT2D eigenvalue weighted by Crippen LogP contribution is 2.21. The van der Waals surface area contributed by atoms with Crippen molar-refractivity contribution >= 4 is 16.9 Å². The highest BCUT2D eigenvalue weighted by molar-refractivity contribution is 5.84. The van der Waals surface area contributed by atoms with Crippen LogP contribution in [-0.4, -0.2) is 19.7 Å². The average Bonchev–Trinajstić information content (AvgIpc) is 3.04. The summed E-state index contributed by atoms with van der Waals surface area (Å²) in [5.74, 6) is 0.698. The maximum Gasteiger partial charge on any atom is 0.218 e. The molecule has 3 aromatic rings. The number of aromatic nitrogens is 4. The van der Waals surface area contributed by atoms with Gasteiger partial charge in [0, 0.05) is 30.2 Å². The molecule has 92 valence electrons. The number of anilines is 1. The molecule has 0 aliphatic carbocycles. The van der Waals surface area contributed by atoms with E-state index in [-0.39, 0.29) is 0 Å². The molecule has 5 heteroatoms. The van der Waals surface area contributed by atoms with Crippen molar-refractivity contribution in [1.29, 1.82) is 0 Å². The number of fused-ring (bicyclic) bond motifs is 1. The summed E-state index contributed by atoms with van der Waals surface area (Å²) in [7, 11) is 0. The summed E-state index contributed by atoms with van der Waals surface area (Å²) in [6.45, 7) is 3.87. The Morgan fingerprint density at radius 1 is 1.33 bits per heavy atom. The predicted octanol–water partition coefficient (Wildman–Crippen LogP) is 2.39. The highest BCUT2D eigenvalue weighted by atomic mass is 15.3. The maximum atomic E-state index is 4.05. The lowest BCUT2D eigenvalue weighted by Crippen LogP contribution is -2.00. The summed E-state index contributed by atoms with van der Waals surface area (Å²) >= 11 is 0. The molecule has 0 radical (unpaired) electrons. The fraction of sp³-hybridized carbons (Fsp3) is 0.231. The first kappa shape index (κ1) is 10.8. The Morgan fingerprint density at radius 3 is 3.00 bits per heavy atom. The first-order chi connectivity index (χ1) is 8.88. The van der Waals surface area contributed by atoms with Gasteiger partial charge >= 0.3 is 0 Å². The van der Waals surface area contributed by atoms with Gasteiger partial charge in [-0.3, -0.25) is 0 Å². The van der Waals surface area contributed by atoms with Gasteiger partial charge in [0.1, 0.15) is 6.33 Å². The van der Waals surface area contributed by atoms with Gasteiger partial charge in [-0.2, -0.15) is 5.10 Å². The second-order valence-corrected chi connectivity index (χ2v) is 4.15. The van der Waals surface area contributed by atoms with Gasteiger partial charge in [-0.05, 0) is 18.6 Å². The standard InChI is InChI=1S/C13H15N5/c1-2-18-8-10(7-14-13-15-9-16-17-13)11-5-3-4-6-12(11)18/h3-6,8-9H,2,7H2,1H3,(H2,14,15,16,17). The molecule has 2 N–H and O–H groups in total. The Labute approximate surface area is 105 Å².